The van der Waals surface area contributed by atoms with E-state index in [0.29, 0.717) is 17.1 Å². The van der Waals surface area contributed by atoms with Crippen LogP contribution in [-0.2, 0) is 10.1 Å². The van der Waals surface area contributed by atoms with Gasteiger partial charge in [0, 0.05) is 29.3 Å². The summed E-state index contributed by atoms with van der Waals surface area (Å²) in [5, 5.41) is 46.0. The zero-order chi connectivity index (χ0) is 31.9. The van der Waals surface area contributed by atoms with Crippen LogP contribution < -0.4 is 24.7 Å². The molecule has 0 aliphatic rings. The van der Waals surface area contributed by atoms with Crippen molar-refractivity contribution >= 4 is 49.3 Å². The zero-order valence-electron chi connectivity index (χ0n) is 23.5. The molecule has 0 unspecified atom stereocenters. The largest absolute Gasteiger partial charge is 0.505 e. The third kappa shape index (κ3) is 7.30. The number of ether oxygens (including phenoxy) is 4. The van der Waals surface area contributed by atoms with Crippen molar-refractivity contribution in [2.45, 2.75) is 4.90 Å². The molecule has 16 heteroatoms. The minimum atomic E-state index is -4.83. The van der Waals surface area contributed by atoms with Gasteiger partial charge in [-0.2, -0.15) is 8.42 Å². The highest BCUT2D eigenvalue weighted by Crippen LogP contribution is 2.45. The minimum Gasteiger partial charge on any atom is -0.505 e. The van der Waals surface area contributed by atoms with Crippen LogP contribution in [0.25, 0.3) is 10.8 Å². The number of phenols is 1. The average molecular weight is 628 g/mol. The molecule has 0 atom stereocenters. The molecule has 4 aromatic rings. The number of fused-ring (bicyclic) bond motifs is 1. The van der Waals surface area contributed by atoms with E-state index in [-0.39, 0.29) is 65.8 Å². The van der Waals surface area contributed by atoms with Gasteiger partial charge in [0.05, 0.1) is 27.4 Å². The van der Waals surface area contributed by atoms with Gasteiger partial charge in [-0.25, -0.2) is 0 Å². The Morgan fingerprint density at radius 2 is 1.36 bits per heavy atom. The fourth-order valence-corrected chi connectivity index (χ4v) is 4.66. The number of nitrogen functional groups attached to an aromatic ring is 1. The molecule has 15 nitrogen and oxygen atoms in total. The molecule has 0 aromatic heterocycles. The van der Waals surface area contributed by atoms with Crippen molar-refractivity contribution in [2.75, 3.05) is 46.4 Å². The Balaban J connectivity index is 1.74. The van der Waals surface area contributed by atoms with Gasteiger partial charge in [0.25, 0.3) is 10.1 Å². The number of anilines is 1. The first kappa shape index (κ1) is 31.9. The molecule has 0 saturated carbocycles. The predicted octanol–water partition coefficient (Wildman–Crippen LogP) is 4.96. The number of rotatable bonds is 13. The summed E-state index contributed by atoms with van der Waals surface area (Å²) in [6, 6.07) is 13.1. The topological polar surface area (TPSA) is 227 Å². The van der Waals surface area contributed by atoms with E-state index >= 15 is 0 Å². The molecule has 0 spiro atoms. The number of nitrogens with two attached hydrogens (primary N) is 1. The number of hydrogen-bond acceptors (Lipinski definition) is 14. The third-order valence-corrected chi connectivity index (χ3v) is 6.86. The van der Waals surface area contributed by atoms with Crippen LogP contribution in [0.2, 0.25) is 0 Å². The van der Waals surface area contributed by atoms with E-state index in [1.807, 2.05) is 0 Å². The zero-order valence-corrected chi connectivity index (χ0v) is 24.4. The Bertz CT molecular complexity index is 1830. The first-order valence-electron chi connectivity index (χ1n) is 12.8. The first-order chi connectivity index (χ1) is 21.1. The lowest BCUT2D eigenvalue weighted by atomic mass is 10.1. The van der Waals surface area contributed by atoms with Crippen LogP contribution in [-0.4, -0.2) is 68.9 Å². The second-order valence-electron chi connectivity index (χ2n) is 8.90. The summed E-state index contributed by atoms with van der Waals surface area (Å²) in [6.07, 6.45) is 0. The number of hydrogen-bond donors (Lipinski definition) is 5. The molecule has 0 aliphatic heterocycles. The molecular weight excluding hydrogens is 598 g/mol. The molecule has 232 valence electrons. The van der Waals surface area contributed by atoms with Crippen LogP contribution in [0.1, 0.15) is 0 Å². The van der Waals surface area contributed by atoms with E-state index in [2.05, 4.69) is 20.5 Å². The molecule has 6 N–H and O–H groups in total. The van der Waals surface area contributed by atoms with E-state index in [4.69, 9.17) is 29.8 Å². The average Bonchev–Trinajstić information content (AvgIpc) is 3.00. The third-order valence-electron chi connectivity index (χ3n) is 6.00. The Morgan fingerprint density at radius 1 is 0.750 bits per heavy atom. The smallest absolute Gasteiger partial charge is 0.296 e. The van der Waals surface area contributed by atoms with Crippen molar-refractivity contribution in [3.8, 4) is 28.7 Å². The van der Waals surface area contributed by atoms with Crippen LogP contribution in [0, 0.1) is 0 Å². The number of aliphatic hydroxyl groups is 2. The first-order valence-corrected chi connectivity index (χ1v) is 14.3. The van der Waals surface area contributed by atoms with Gasteiger partial charge in [0.2, 0.25) is 0 Å². The van der Waals surface area contributed by atoms with Gasteiger partial charge in [0.1, 0.15) is 58.1 Å². The summed E-state index contributed by atoms with van der Waals surface area (Å²) in [4.78, 5) is -0.680. The maximum absolute atomic E-state index is 12.2. The Hall–Kier alpha value is -5.03. The summed E-state index contributed by atoms with van der Waals surface area (Å²) in [6.45, 7) is -0.348. The number of aromatic hydroxyl groups is 1. The maximum Gasteiger partial charge on any atom is 0.296 e. The van der Waals surface area contributed by atoms with E-state index in [0.717, 1.165) is 6.07 Å². The molecule has 44 heavy (non-hydrogen) atoms. The van der Waals surface area contributed by atoms with E-state index < -0.39 is 26.5 Å². The number of nitrogens with zero attached hydrogens (tertiary/aromatic N) is 4. The van der Waals surface area contributed by atoms with Gasteiger partial charge < -0.3 is 40.0 Å². The van der Waals surface area contributed by atoms with Crippen LogP contribution in [0.3, 0.4) is 0 Å². The van der Waals surface area contributed by atoms with E-state index in [9.17, 15) is 23.2 Å². The molecule has 0 amide bonds. The van der Waals surface area contributed by atoms with Crippen LogP contribution in [0.5, 0.6) is 28.7 Å². The maximum atomic E-state index is 12.2. The highest BCUT2D eigenvalue weighted by atomic mass is 32.2. The second kappa shape index (κ2) is 14.0. The number of methoxy groups -OCH3 is 2. The van der Waals surface area contributed by atoms with E-state index in [1.54, 1.807) is 18.2 Å². The predicted molar refractivity (Wildman–Crippen MR) is 159 cm³/mol. The number of aliphatic hydroxyl groups excluding tert-OH is 2. The molecule has 0 heterocycles. The second-order valence-corrected chi connectivity index (χ2v) is 10.3. The number of phenolic OH excluding ortho intramolecular Hbond substituents is 1. The molecule has 4 rings (SSSR count). The Labute approximate surface area is 251 Å². The summed E-state index contributed by atoms with van der Waals surface area (Å²) in [5.41, 5.74) is 6.17. The monoisotopic (exact) mass is 627 g/mol. The standard InChI is InChI=1S/C28H29N5O10S/c1-40-23-15-22(32-33-27-26(44(37,38)39)12-16-11-17(29)3-5-19(16)28(27)36)24(41-2)14-21(23)31-30-20-6-4-18(42-9-7-34)13-25(20)43-10-8-35/h3-6,11-15,34-36H,7-10,29H2,1-2H3,(H,37,38,39). The Morgan fingerprint density at radius 3 is 1.98 bits per heavy atom. The highest BCUT2D eigenvalue weighted by molar-refractivity contribution is 7.86. The van der Waals surface area contributed by atoms with Crippen molar-refractivity contribution < 1.29 is 47.2 Å². The fourth-order valence-electron chi connectivity index (χ4n) is 4.00. The van der Waals surface area contributed by atoms with Crippen molar-refractivity contribution in [1.82, 2.24) is 0 Å². The number of azo groups is 2. The normalized spacial score (nSPS) is 11.8. The van der Waals surface area contributed by atoms with Gasteiger partial charge in [-0.05, 0) is 41.8 Å². The molecule has 0 radical (unpaired) electrons. The summed E-state index contributed by atoms with van der Waals surface area (Å²) >= 11 is 0. The van der Waals surface area contributed by atoms with E-state index in [1.165, 1.54) is 44.6 Å². The van der Waals surface area contributed by atoms with Crippen LogP contribution in [0.4, 0.5) is 28.4 Å². The Kier molecular flexibility index (Phi) is 10.1. The lowest BCUT2D eigenvalue weighted by molar-refractivity contribution is 0.195. The van der Waals surface area contributed by atoms with Crippen LogP contribution >= 0.6 is 0 Å². The molecule has 0 aliphatic carbocycles. The number of benzene rings is 4. The van der Waals surface area contributed by atoms with Gasteiger partial charge in [0.15, 0.2) is 11.5 Å². The lowest BCUT2D eigenvalue weighted by Crippen LogP contribution is -2.04. The van der Waals surface area contributed by atoms with Crippen molar-refractivity contribution in [3.05, 3.63) is 54.6 Å². The molecule has 0 fully saturated rings. The summed E-state index contributed by atoms with van der Waals surface area (Å²) < 4.78 is 56.0. The quantitative estimate of drug-likeness (QED) is 0.0755. The minimum absolute atomic E-state index is 0.0110. The van der Waals surface area contributed by atoms with Crippen molar-refractivity contribution in [2.24, 2.45) is 20.5 Å². The van der Waals surface area contributed by atoms with Crippen LogP contribution in [0.15, 0.2) is 79.9 Å². The molecule has 0 bridgehead atoms. The van der Waals surface area contributed by atoms with Gasteiger partial charge >= 0.3 is 0 Å². The SMILES string of the molecule is COc1cc(N=Nc2c(S(=O)(=O)O)cc3cc(N)ccc3c2O)c(OC)cc1N=Nc1ccc(OCCO)cc1OCCO. The molecule has 4 aromatic carbocycles. The molecular formula is C28H29N5O10S. The summed E-state index contributed by atoms with van der Waals surface area (Å²) in [7, 11) is -2.10. The van der Waals surface area contributed by atoms with Crippen molar-refractivity contribution in [3.63, 3.8) is 0 Å². The van der Waals surface area contributed by atoms with Gasteiger partial charge in [-0.15, -0.1) is 20.5 Å². The lowest BCUT2D eigenvalue weighted by Gasteiger charge is -2.12. The summed E-state index contributed by atoms with van der Waals surface area (Å²) in [5.74, 6) is 0.454. The molecule has 0 saturated heterocycles. The fraction of sp³-hybridized carbons (Fsp3) is 0.214. The highest BCUT2D eigenvalue weighted by Gasteiger charge is 2.22. The van der Waals surface area contributed by atoms with Crippen molar-refractivity contribution in [1.29, 1.82) is 0 Å². The van der Waals surface area contributed by atoms with Gasteiger partial charge in [-0.1, -0.05) is 0 Å². The van der Waals surface area contributed by atoms with Gasteiger partial charge in [-0.3, -0.25) is 4.55 Å².